The molecule has 1 saturated heterocycles. The highest BCUT2D eigenvalue weighted by atomic mass is 32.1. The van der Waals surface area contributed by atoms with E-state index in [0.717, 1.165) is 38.3 Å². The molecule has 3 heterocycles. The van der Waals surface area contributed by atoms with Crippen molar-refractivity contribution in [1.82, 2.24) is 19.9 Å². The number of likely N-dealkylation sites (tertiary alicyclic amines) is 1. The fourth-order valence-electron chi connectivity index (χ4n) is 3.01. The maximum absolute atomic E-state index is 12.4. The topological polar surface area (TPSA) is 71.7 Å². The van der Waals surface area contributed by atoms with Crippen molar-refractivity contribution < 1.29 is 14.1 Å². The molecule has 0 bridgehead atoms. The van der Waals surface area contributed by atoms with Gasteiger partial charge in [0.1, 0.15) is 0 Å². The lowest BCUT2D eigenvalue weighted by atomic mass is 10.1. The van der Waals surface area contributed by atoms with Gasteiger partial charge in [0.05, 0.1) is 24.4 Å². The molecular formula is C16H22N4O3S. The fourth-order valence-corrected chi connectivity index (χ4v) is 3.86. The molecular weight excluding hydrogens is 328 g/mol. The number of thiazole rings is 1. The quantitative estimate of drug-likeness (QED) is 0.794. The summed E-state index contributed by atoms with van der Waals surface area (Å²) in [6, 6.07) is 1.54. The van der Waals surface area contributed by atoms with E-state index in [-0.39, 0.29) is 11.7 Å². The molecule has 1 atom stereocenters. The van der Waals surface area contributed by atoms with Crippen LogP contribution < -0.4 is 4.74 Å². The molecule has 0 aliphatic carbocycles. The number of hydrogen-bond donors (Lipinski definition) is 0. The molecule has 1 aliphatic heterocycles. The van der Waals surface area contributed by atoms with Gasteiger partial charge in [-0.2, -0.15) is 0 Å². The third-order valence-electron chi connectivity index (χ3n) is 4.31. The summed E-state index contributed by atoms with van der Waals surface area (Å²) < 4.78 is 10.0. The Morgan fingerprint density at radius 2 is 2.42 bits per heavy atom. The van der Waals surface area contributed by atoms with Gasteiger partial charge in [0.15, 0.2) is 0 Å². The van der Waals surface area contributed by atoms with E-state index >= 15 is 0 Å². The maximum Gasteiger partial charge on any atom is 0.292 e. The van der Waals surface area contributed by atoms with Crippen molar-refractivity contribution in [2.24, 2.45) is 5.92 Å². The van der Waals surface area contributed by atoms with E-state index in [9.17, 15) is 4.79 Å². The highest BCUT2D eigenvalue weighted by Gasteiger charge is 2.30. The van der Waals surface area contributed by atoms with Crippen LogP contribution in [0.2, 0.25) is 0 Å². The normalized spacial score (nSPS) is 17.7. The van der Waals surface area contributed by atoms with Gasteiger partial charge in [0, 0.05) is 31.1 Å². The van der Waals surface area contributed by atoms with E-state index in [0.29, 0.717) is 11.8 Å². The number of ether oxygens (including phenoxy) is 1. The second-order valence-electron chi connectivity index (χ2n) is 6.20. The van der Waals surface area contributed by atoms with Gasteiger partial charge in [0.2, 0.25) is 5.76 Å². The summed E-state index contributed by atoms with van der Waals surface area (Å²) in [5.41, 5.74) is 2.99. The first-order valence-corrected chi connectivity index (χ1v) is 8.82. The maximum atomic E-state index is 12.4. The van der Waals surface area contributed by atoms with Crippen LogP contribution in [0.4, 0.5) is 0 Å². The van der Waals surface area contributed by atoms with Gasteiger partial charge < -0.3 is 19.1 Å². The van der Waals surface area contributed by atoms with Crippen LogP contribution in [0.5, 0.6) is 5.88 Å². The molecule has 2 aromatic heterocycles. The summed E-state index contributed by atoms with van der Waals surface area (Å²) >= 11 is 1.69. The first kappa shape index (κ1) is 16.9. The Bertz CT molecular complexity index is 699. The van der Waals surface area contributed by atoms with Crippen molar-refractivity contribution in [2.45, 2.75) is 19.9 Å². The van der Waals surface area contributed by atoms with Gasteiger partial charge >= 0.3 is 0 Å². The van der Waals surface area contributed by atoms with Gasteiger partial charge in [-0.15, -0.1) is 11.3 Å². The molecule has 1 amide bonds. The average Bonchev–Trinajstić information content (AvgIpc) is 3.29. The number of amides is 1. The lowest BCUT2D eigenvalue weighted by Crippen LogP contribution is -2.31. The van der Waals surface area contributed by atoms with Crippen molar-refractivity contribution in [3.05, 3.63) is 27.9 Å². The summed E-state index contributed by atoms with van der Waals surface area (Å²) in [5, 5.41) is 3.69. The zero-order valence-electron chi connectivity index (χ0n) is 14.2. The van der Waals surface area contributed by atoms with E-state index in [1.54, 1.807) is 11.3 Å². The van der Waals surface area contributed by atoms with Gasteiger partial charge in [-0.25, -0.2) is 4.98 Å². The van der Waals surface area contributed by atoms with Crippen molar-refractivity contribution in [3.8, 4) is 5.88 Å². The second-order valence-corrected chi connectivity index (χ2v) is 7.14. The number of carbonyl (C=O) groups is 1. The zero-order valence-corrected chi connectivity index (χ0v) is 15.0. The molecule has 0 N–H and O–H groups in total. The van der Waals surface area contributed by atoms with Crippen molar-refractivity contribution in [2.75, 3.05) is 33.8 Å². The molecule has 1 aliphatic rings. The van der Waals surface area contributed by atoms with Gasteiger partial charge in [-0.1, -0.05) is 0 Å². The van der Waals surface area contributed by atoms with Gasteiger partial charge in [-0.3, -0.25) is 4.79 Å². The smallest absolute Gasteiger partial charge is 0.292 e. The third kappa shape index (κ3) is 3.76. The predicted molar refractivity (Wildman–Crippen MR) is 90.3 cm³/mol. The molecule has 0 spiro atoms. The highest BCUT2D eigenvalue weighted by molar-refractivity contribution is 7.09. The Balaban J connectivity index is 1.51. The summed E-state index contributed by atoms with van der Waals surface area (Å²) in [4.78, 5) is 22.2. The Morgan fingerprint density at radius 1 is 1.58 bits per heavy atom. The Kier molecular flexibility index (Phi) is 5.15. The van der Waals surface area contributed by atoms with Crippen LogP contribution in [0.3, 0.4) is 0 Å². The molecule has 0 radical (unpaired) electrons. The number of rotatable bonds is 6. The van der Waals surface area contributed by atoms with Crippen LogP contribution >= 0.6 is 11.3 Å². The van der Waals surface area contributed by atoms with Crippen molar-refractivity contribution in [1.29, 1.82) is 0 Å². The Hall–Kier alpha value is -1.93. The van der Waals surface area contributed by atoms with Crippen molar-refractivity contribution in [3.63, 3.8) is 0 Å². The van der Waals surface area contributed by atoms with E-state index in [1.807, 2.05) is 17.3 Å². The molecule has 2 aromatic rings. The van der Waals surface area contributed by atoms with E-state index in [2.05, 4.69) is 22.1 Å². The standard InChI is InChI=1S/C16H22N4O3S/c1-11-14(24-10-17-11)9-19(2)7-12-4-5-20(8-12)16(21)13-6-15(22-3)18-23-13/h6,10,12H,4-5,7-9H2,1-3H3/t12-/m1/s1. The summed E-state index contributed by atoms with van der Waals surface area (Å²) in [7, 11) is 3.61. The summed E-state index contributed by atoms with van der Waals surface area (Å²) in [6.45, 7) is 5.40. The first-order valence-electron chi connectivity index (χ1n) is 7.94. The minimum absolute atomic E-state index is 0.116. The fraction of sp³-hybridized carbons (Fsp3) is 0.562. The summed E-state index contributed by atoms with van der Waals surface area (Å²) in [6.07, 6.45) is 1.00. The summed E-state index contributed by atoms with van der Waals surface area (Å²) in [5.74, 6) is 0.918. The number of aryl methyl sites for hydroxylation is 1. The number of carbonyl (C=O) groups excluding carboxylic acids is 1. The van der Waals surface area contributed by atoms with Crippen molar-refractivity contribution >= 4 is 17.2 Å². The molecule has 24 heavy (non-hydrogen) atoms. The van der Waals surface area contributed by atoms with E-state index < -0.39 is 0 Å². The Labute approximate surface area is 145 Å². The third-order valence-corrected chi connectivity index (χ3v) is 5.23. The minimum atomic E-state index is -0.116. The Morgan fingerprint density at radius 3 is 3.08 bits per heavy atom. The average molecular weight is 350 g/mol. The molecule has 130 valence electrons. The largest absolute Gasteiger partial charge is 0.479 e. The molecule has 0 unspecified atom stereocenters. The van der Waals surface area contributed by atoms with Crippen LogP contribution in [0.15, 0.2) is 16.1 Å². The predicted octanol–water partition coefficient (Wildman–Crippen LogP) is 2.04. The number of nitrogens with zero attached hydrogens (tertiary/aromatic N) is 4. The molecule has 8 heteroatoms. The second kappa shape index (κ2) is 7.31. The molecule has 0 saturated carbocycles. The van der Waals surface area contributed by atoms with Crippen LogP contribution in [-0.2, 0) is 6.54 Å². The highest BCUT2D eigenvalue weighted by Crippen LogP contribution is 2.22. The monoisotopic (exact) mass is 350 g/mol. The van der Waals surface area contributed by atoms with Crippen LogP contribution in [-0.4, -0.2) is 59.6 Å². The lowest BCUT2D eigenvalue weighted by molar-refractivity contribution is 0.0742. The SMILES string of the molecule is COc1cc(C(=O)N2CC[C@H](CN(C)Cc3scnc3C)C2)on1. The van der Waals surface area contributed by atoms with Crippen LogP contribution in [0.1, 0.15) is 27.5 Å². The zero-order chi connectivity index (χ0) is 17.1. The van der Waals surface area contributed by atoms with Crippen LogP contribution in [0, 0.1) is 12.8 Å². The number of methoxy groups -OCH3 is 1. The molecule has 0 aromatic carbocycles. The number of hydrogen-bond acceptors (Lipinski definition) is 7. The van der Waals surface area contributed by atoms with Gasteiger partial charge in [-0.05, 0) is 31.5 Å². The van der Waals surface area contributed by atoms with Crippen LogP contribution in [0.25, 0.3) is 0 Å². The lowest BCUT2D eigenvalue weighted by Gasteiger charge is -2.21. The minimum Gasteiger partial charge on any atom is -0.479 e. The van der Waals surface area contributed by atoms with E-state index in [1.165, 1.54) is 18.1 Å². The first-order chi connectivity index (χ1) is 11.6. The van der Waals surface area contributed by atoms with Gasteiger partial charge in [0.25, 0.3) is 11.8 Å². The molecule has 1 fully saturated rings. The van der Waals surface area contributed by atoms with E-state index in [4.69, 9.17) is 9.26 Å². The molecule has 3 rings (SSSR count). The molecule has 7 nitrogen and oxygen atoms in total. The number of aromatic nitrogens is 2.